The van der Waals surface area contributed by atoms with Gasteiger partial charge in [-0.2, -0.15) is 0 Å². The summed E-state index contributed by atoms with van der Waals surface area (Å²) in [5.74, 6) is 0.0203. The van der Waals surface area contributed by atoms with Crippen molar-refractivity contribution in [2.45, 2.75) is 142 Å². The molecule has 0 aliphatic rings. The van der Waals surface area contributed by atoms with E-state index in [4.69, 9.17) is 0 Å². The summed E-state index contributed by atoms with van der Waals surface area (Å²) in [6, 6.07) is 0. The molecule has 0 aliphatic heterocycles. The second-order valence-corrected chi connectivity index (χ2v) is 10.2. The molecule has 0 aromatic rings. The van der Waals surface area contributed by atoms with E-state index in [0.717, 1.165) is 19.3 Å². The second-order valence-electron chi connectivity index (χ2n) is 9.12. The van der Waals surface area contributed by atoms with Gasteiger partial charge in [0.2, 0.25) is 10.4 Å². The minimum absolute atomic E-state index is 0. The monoisotopic (exact) mass is 482 g/mol. The Labute approximate surface area is 223 Å². The number of hydrogen-bond acceptors (Lipinski definition) is 4. The first-order valence-corrected chi connectivity index (χ1v) is 14.6. The summed E-state index contributed by atoms with van der Waals surface area (Å²) in [7, 11) is -4.61. The van der Waals surface area contributed by atoms with Crippen LogP contribution >= 0.6 is 0 Å². The topological polar surface area (TPSA) is 66.4 Å². The van der Waals surface area contributed by atoms with Crippen molar-refractivity contribution in [3.63, 3.8) is 0 Å². The maximum absolute atomic E-state index is 10.8. The maximum Gasteiger partial charge on any atom is 1.00 e. The van der Waals surface area contributed by atoms with Crippen molar-refractivity contribution in [2.24, 2.45) is 5.92 Å². The molecule has 0 rings (SSSR count). The van der Waals surface area contributed by atoms with E-state index in [2.05, 4.69) is 30.2 Å². The molecule has 1 atom stereocenters. The van der Waals surface area contributed by atoms with Crippen LogP contribution in [-0.4, -0.2) is 19.6 Å². The van der Waals surface area contributed by atoms with Crippen LogP contribution in [0.4, 0.5) is 0 Å². The van der Waals surface area contributed by atoms with Crippen LogP contribution in [-0.2, 0) is 14.6 Å². The standard InChI is InChI=1S/C26H52O4S.Na/c1-3-5-7-9-11-13-14-15-16-18-20-22-24-26(25-30-31(27,28)29)23-21-19-17-12-10-8-6-4-2;/h21,23,26H,3-20,22,24-25H2,1-2H3,(H,27,28,29);/q;+1/p-1/b23-21+;. The fourth-order valence-electron chi connectivity index (χ4n) is 3.98. The molecule has 0 amide bonds. The molecular weight excluding hydrogens is 431 g/mol. The van der Waals surface area contributed by atoms with E-state index >= 15 is 0 Å². The van der Waals surface area contributed by atoms with Crippen LogP contribution in [0.5, 0.6) is 0 Å². The fourth-order valence-corrected chi connectivity index (χ4v) is 4.33. The van der Waals surface area contributed by atoms with Gasteiger partial charge in [0, 0.05) is 5.92 Å². The SMILES string of the molecule is CCCCCCCC/C=C/C(CCCCCCCCCCCCCC)COS(=O)(=O)[O-].[Na+]. The number of allylic oxidation sites excluding steroid dienone is 1. The number of hydrogen-bond donors (Lipinski definition) is 0. The van der Waals surface area contributed by atoms with Gasteiger partial charge in [0.05, 0.1) is 6.61 Å². The molecule has 186 valence electrons. The summed E-state index contributed by atoms with van der Waals surface area (Å²) in [5, 5.41) is 0. The van der Waals surface area contributed by atoms with Crippen molar-refractivity contribution in [3.8, 4) is 0 Å². The summed E-state index contributed by atoms with van der Waals surface area (Å²) >= 11 is 0. The van der Waals surface area contributed by atoms with Crippen LogP contribution in [0, 0.1) is 5.92 Å². The molecule has 32 heavy (non-hydrogen) atoms. The largest absolute Gasteiger partial charge is 1.00 e. The Morgan fingerprint density at radius 3 is 1.53 bits per heavy atom. The molecule has 0 saturated heterocycles. The van der Waals surface area contributed by atoms with Gasteiger partial charge in [-0.1, -0.05) is 135 Å². The minimum Gasteiger partial charge on any atom is -0.726 e. The quantitative estimate of drug-likeness (QED) is 0.0600. The van der Waals surface area contributed by atoms with Gasteiger partial charge in [-0.25, -0.2) is 8.42 Å². The van der Waals surface area contributed by atoms with E-state index < -0.39 is 10.4 Å². The third-order valence-corrected chi connectivity index (χ3v) is 6.41. The molecule has 0 aromatic heterocycles. The summed E-state index contributed by atoms with van der Waals surface area (Å²) < 4.78 is 37.0. The molecular formula is C26H51NaO4S. The molecule has 0 aliphatic carbocycles. The zero-order valence-electron chi connectivity index (χ0n) is 21.6. The Hall–Kier alpha value is 0.610. The van der Waals surface area contributed by atoms with Crippen LogP contribution in [0.15, 0.2) is 12.2 Å². The first-order valence-electron chi connectivity index (χ1n) is 13.3. The molecule has 0 bridgehead atoms. The van der Waals surface area contributed by atoms with E-state index in [-0.39, 0.29) is 42.1 Å². The van der Waals surface area contributed by atoms with Crippen molar-refractivity contribution in [3.05, 3.63) is 12.2 Å². The Kier molecular flexibility index (Phi) is 28.5. The summed E-state index contributed by atoms with van der Waals surface area (Å²) in [5.41, 5.74) is 0. The van der Waals surface area contributed by atoms with Crippen LogP contribution in [0.2, 0.25) is 0 Å². The average molecular weight is 483 g/mol. The summed E-state index contributed by atoms with van der Waals surface area (Å²) in [4.78, 5) is 0. The van der Waals surface area contributed by atoms with Crippen molar-refractivity contribution in [2.75, 3.05) is 6.61 Å². The van der Waals surface area contributed by atoms with Crippen LogP contribution < -0.4 is 29.6 Å². The second kappa shape index (κ2) is 26.2. The smallest absolute Gasteiger partial charge is 0.726 e. The zero-order chi connectivity index (χ0) is 23.0. The molecule has 0 heterocycles. The normalized spacial score (nSPS) is 12.8. The Morgan fingerprint density at radius 1 is 0.688 bits per heavy atom. The van der Waals surface area contributed by atoms with Crippen LogP contribution in [0.1, 0.15) is 142 Å². The van der Waals surface area contributed by atoms with E-state index in [9.17, 15) is 13.0 Å². The van der Waals surface area contributed by atoms with Crippen molar-refractivity contribution >= 4 is 10.4 Å². The molecule has 4 nitrogen and oxygen atoms in total. The Balaban J connectivity index is 0. The molecule has 0 spiro atoms. The predicted molar refractivity (Wildman–Crippen MR) is 132 cm³/mol. The van der Waals surface area contributed by atoms with Gasteiger partial charge in [0.1, 0.15) is 0 Å². The molecule has 0 N–H and O–H groups in total. The van der Waals surface area contributed by atoms with E-state index in [1.165, 1.54) is 109 Å². The number of unbranched alkanes of at least 4 members (excludes halogenated alkanes) is 17. The zero-order valence-corrected chi connectivity index (χ0v) is 24.4. The molecule has 0 aromatic carbocycles. The van der Waals surface area contributed by atoms with Gasteiger partial charge in [0.15, 0.2) is 0 Å². The van der Waals surface area contributed by atoms with E-state index in [1.54, 1.807) is 0 Å². The van der Waals surface area contributed by atoms with Gasteiger partial charge in [-0.3, -0.25) is 4.18 Å². The van der Waals surface area contributed by atoms with E-state index in [1.807, 2.05) is 0 Å². The maximum atomic E-state index is 10.8. The van der Waals surface area contributed by atoms with Gasteiger partial charge in [-0.05, 0) is 19.3 Å². The van der Waals surface area contributed by atoms with Crippen molar-refractivity contribution < 1.29 is 46.7 Å². The first kappa shape index (κ1) is 34.8. The third kappa shape index (κ3) is 28.6. The molecule has 0 saturated carbocycles. The molecule has 0 radical (unpaired) electrons. The van der Waals surface area contributed by atoms with E-state index in [0.29, 0.717) is 0 Å². The van der Waals surface area contributed by atoms with Crippen molar-refractivity contribution in [1.29, 1.82) is 0 Å². The summed E-state index contributed by atoms with van der Waals surface area (Å²) in [6.07, 6.45) is 29.4. The van der Waals surface area contributed by atoms with Gasteiger partial charge in [-0.15, -0.1) is 0 Å². The van der Waals surface area contributed by atoms with Crippen LogP contribution in [0.25, 0.3) is 0 Å². The van der Waals surface area contributed by atoms with Gasteiger partial charge >= 0.3 is 29.6 Å². The predicted octanol–water partition coefficient (Wildman–Crippen LogP) is 5.48. The average Bonchev–Trinajstić information content (AvgIpc) is 2.73. The minimum atomic E-state index is -4.61. The van der Waals surface area contributed by atoms with Crippen molar-refractivity contribution in [1.82, 2.24) is 0 Å². The summed E-state index contributed by atoms with van der Waals surface area (Å²) in [6.45, 7) is 4.47. The molecule has 0 fully saturated rings. The van der Waals surface area contributed by atoms with Gasteiger partial charge < -0.3 is 4.55 Å². The number of rotatable bonds is 24. The van der Waals surface area contributed by atoms with Gasteiger partial charge in [0.25, 0.3) is 0 Å². The van der Waals surface area contributed by atoms with Crippen LogP contribution in [0.3, 0.4) is 0 Å². The third-order valence-electron chi connectivity index (χ3n) is 5.99. The molecule has 1 unspecified atom stereocenters. The molecule has 6 heteroatoms. The Bertz CT molecular complexity index is 494. The fraction of sp³-hybridized carbons (Fsp3) is 0.923. The Morgan fingerprint density at radius 2 is 1.09 bits per heavy atom. The first-order chi connectivity index (χ1) is 15.0.